The van der Waals surface area contributed by atoms with Crippen molar-refractivity contribution in [2.24, 2.45) is 11.3 Å². The van der Waals surface area contributed by atoms with Gasteiger partial charge in [-0.1, -0.05) is 26.7 Å². The highest BCUT2D eigenvalue weighted by Gasteiger charge is 2.36. The molecule has 12 heavy (non-hydrogen) atoms. The van der Waals surface area contributed by atoms with Gasteiger partial charge in [0.15, 0.2) is 0 Å². The lowest BCUT2D eigenvalue weighted by molar-refractivity contribution is -0.102. The van der Waals surface area contributed by atoms with Crippen molar-refractivity contribution in [2.75, 3.05) is 6.61 Å². The van der Waals surface area contributed by atoms with E-state index < -0.39 is 0 Å². The van der Waals surface area contributed by atoms with Crippen molar-refractivity contribution in [3.63, 3.8) is 0 Å². The van der Waals surface area contributed by atoms with Crippen LogP contribution in [0.1, 0.15) is 46.0 Å². The monoisotopic (exact) mass is 168 g/mol. The van der Waals surface area contributed by atoms with Gasteiger partial charge in [-0.25, -0.2) is 0 Å². The van der Waals surface area contributed by atoms with E-state index in [1.165, 1.54) is 32.1 Å². The van der Waals surface area contributed by atoms with Crippen molar-refractivity contribution in [1.29, 1.82) is 0 Å². The number of fused-ring (bicyclic) bond motifs is 1. The van der Waals surface area contributed by atoms with Gasteiger partial charge in [0.05, 0.1) is 12.7 Å². The molecule has 1 aliphatic carbocycles. The smallest absolute Gasteiger partial charge is 0.0603 e. The molecule has 1 heterocycles. The van der Waals surface area contributed by atoms with E-state index in [1.54, 1.807) is 0 Å². The minimum absolute atomic E-state index is 0.443. The molecule has 0 amide bonds. The summed E-state index contributed by atoms with van der Waals surface area (Å²) in [6.07, 6.45) is 7.56. The molecule has 2 aliphatic rings. The Morgan fingerprint density at radius 3 is 2.75 bits per heavy atom. The van der Waals surface area contributed by atoms with Crippen LogP contribution in [0.2, 0.25) is 0 Å². The van der Waals surface area contributed by atoms with E-state index in [9.17, 15) is 0 Å². The first-order valence-corrected chi connectivity index (χ1v) is 5.29. The largest absolute Gasteiger partial charge is 0.377 e. The average Bonchev–Trinajstić information content (AvgIpc) is 2.02. The van der Waals surface area contributed by atoms with Gasteiger partial charge in [0, 0.05) is 0 Å². The Hall–Kier alpha value is -0.0400. The van der Waals surface area contributed by atoms with E-state index in [4.69, 9.17) is 4.74 Å². The third-order valence-corrected chi connectivity index (χ3v) is 3.34. The van der Waals surface area contributed by atoms with Crippen LogP contribution >= 0.6 is 0 Å². The first-order chi connectivity index (χ1) is 5.67. The Labute approximate surface area is 75.5 Å². The summed E-state index contributed by atoms with van der Waals surface area (Å²) in [5.74, 6) is 0.877. The first-order valence-electron chi connectivity index (χ1n) is 5.29. The molecule has 1 saturated carbocycles. The normalized spacial score (nSPS) is 40.5. The minimum atomic E-state index is 0.443. The Kier molecular flexibility index (Phi) is 2.16. The second kappa shape index (κ2) is 3.02. The summed E-state index contributed by atoms with van der Waals surface area (Å²) < 4.78 is 5.90. The van der Waals surface area contributed by atoms with Crippen LogP contribution in [0.25, 0.3) is 0 Å². The fraction of sp³-hybridized carbons (Fsp3) is 1.00. The first kappa shape index (κ1) is 8.55. The minimum Gasteiger partial charge on any atom is -0.377 e. The summed E-state index contributed by atoms with van der Waals surface area (Å²) in [4.78, 5) is 0. The summed E-state index contributed by atoms with van der Waals surface area (Å²) in [7, 11) is 0. The number of rotatable bonds is 0. The maximum atomic E-state index is 5.90. The van der Waals surface area contributed by atoms with Crippen molar-refractivity contribution in [1.82, 2.24) is 0 Å². The Morgan fingerprint density at radius 2 is 1.92 bits per heavy atom. The zero-order valence-electron chi connectivity index (χ0n) is 8.31. The van der Waals surface area contributed by atoms with E-state index >= 15 is 0 Å². The molecule has 0 aromatic rings. The van der Waals surface area contributed by atoms with Crippen LogP contribution < -0.4 is 0 Å². The maximum absolute atomic E-state index is 5.90. The number of ether oxygens (including phenoxy) is 1. The summed E-state index contributed by atoms with van der Waals surface area (Å²) in [6.45, 7) is 5.64. The van der Waals surface area contributed by atoms with E-state index in [2.05, 4.69) is 13.8 Å². The summed E-state index contributed by atoms with van der Waals surface area (Å²) in [5, 5.41) is 0. The van der Waals surface area contributed by atoms with Crippen LogP contribution in [0.15, 0.2) is 0 Å². The number of hydrogen-bond donors (Lipinski definition) is 0. The lowest BCUT2D eigenvalue weighted by Gasteiger charge is -2.43. The molecule has 0 aromatic carbocycles. The summed E-state index contributed by atoms with van der Waals surface area (Å²) in [6, 6.07) is 0. The van der Waals surface area contributed by atoms with Gasteiger partial charge in [0.25, 0.3) is 0 Å². The lowest BCUT2D eigenvalue weighted by atomic mass is 9.73. The summed E-state index contributed by atoms with van der Waals surface area (Å²) >= 11 is 0. The zero-order valence-corrected chi connectivity index (χ0v) is 8.31. The molecule has 2 fully saturated rings. The van der Waals surface area contributed by atoms with Gasteiger partial charge in [0.2, 0.25) is 0 Å². The molecular weight excluding hydrogens is 148 g/mol. The van der Waals surface area contributed by atoms with Crippen molar-refractivity contribution in [3.05, 3.63) is 0 Å². The van der Waals surface area contributed by atoms with Crippen LogP contribution in [0.4, 0.5) is 0 Å². The Bertz CT molecular complexity index is 162. The summed E-state index contributed by atoms with van der Waals surface area (Å²) in [5.41, 5.74) is 0.443. The Morgan fingerprint density at radius 1 is 1.17 bits per heavy atom. The highest BCUT2D eigenvalue weighted by molar-refractivity contribution is 4.86. The molecule has 0 N–H and O–H groups in total. The highest BCUT2D eigenvalue weighted by Crippen LogP contribution is 2.40. The van der Waals surface area contributed by atoms with Crippen LogP contribution in [-0.4, -0.2) is 12.7 Å². The van der Waals surface area contributed by atoms with Gasteiger partial charge in [-0.15, -0.1) is 0 Å². The zero-order chi connectivity index (χ0) is 8.60. The van der Waals surface area contributed by atoms with Crippen LogP contribution in [0.3, 0.4) is 0 Å². The second-order valence-electron chi connectivity index (χ2n) is 5.26. The quantitative estimate of drug-likeness (QED) is 0.540. The van der Waals surface area contributed by atoms with Crippen molar-refractivity contribution in [3.8, 4) is 0 Å². The van der Waals surface area contributed by atoms with Gasteiger partial charge >= 0.3 is 0 Å². The molecular formula is C11H20O. The van der Waals surface area contributed by atoms with Crippen LogP contribution in [-0.2, 0) is 4.74 Å². The Balaban J connectivity index is 1.99. The third-order valence-electron chi connectivity index (χ3n) is 3.34. The van der Waals surface area contributed by atoms with E-state index in [0.29, 0.717) is 11.5 Å². The SMILES string of the molecule is CC1(C)COC2CCCCC2C1. The molecule has 70 valence electrons. The van der Waals surface area contributed by atoms with Gasteiger partial charge < -0.3 is 4.74 Å². The molecule has 0 radical (unpaired) electrons. The van der Waals surface area contributed by atoms with E-state index in [0.717, 1.165) is 12.5 Å². The number of hydrogen-bond acceptors (Lipinski definition) is 1. The van der Waals surface area contributed by atoms with Crippen molar-refractivity contribution in [2.45, 2.75) is 52.1 Å². The highest BCUT2D eigenvalue weighted by atomic mass is 16.5. The maximum Gasteiger partial charge on any atom is 0.0603 e. The standard InChI is InChI=1S/C11H20O/c1-11(2)7-9-5-3-4-6-10(9)12-8-11/h9-10H,3-8H2,1-2H3. The molecule has 0 bridgehead atoms. The van der Waals surface area contributed by atoms with Crippen LogP contribution in [0, 0.1) is 11.3 Å². The average molecular weight is 168 g/mol. The molecule has 2 atom stereocenters. The van der Waals surface area contributed by atoms with Gasteiger partial charge in [-0.05, 0) is 30.6 Å². The van der Waals surface area contributed by atoms with E-state index in [1.807, 2.05) is 0 Å². The molecule has 1 nitrogen and oxygen atoms in total. The molecule has 1 saturated heterocycles. The third kappa shape index (κ3) is 1.66. The molecule has 1 heteroatoms. The van der Waals surface area contributed by atoms with Crippen LogP contribution in [0.5, 0.6) is 0 Å². The van der Waals surface area contributed by atoms with Gasteiger partial charge in [-0.3, -0.25) is 0 Å². The molecule has 2 rings (SSSR count). The second-order valence-corrected chi connectivity index (χ2v) is 5.26. The molecule has 0 aromatic heterocycles. The molecule has 0 spiro atoms. The molecule has 2 unspecified atom stereocenters. The van der Waals surface area contributed by atoms with Crippen molar-refractivity contribution < 1.29 is 4.74 Å². The molecule has 1 aliphatic heterocycles. The predicted molar refractivity (Wildman–Crippen MR) is 50.1 cm³/mol. The van der Waals surface area contributed by atoms with Gasteiger partial charge in [0.1, 0.15) is 0 Å². The van der Waals surface area contributed by atoms with Crippen molar-refractivity contribution >= 4 is 0 Å². The predicted octanol–water partition coefficient (Wildman–Crippen LogP) is 2.99. The fourth-order valence-electron chi connectivity index (χ4n) is 2.73. The fourth-order valence-corrected chi connectivity index (χ4v) is 2.73. The van der Waals surface area contributed by atoms with E-state index in [-0.39, 0.29) is 0 Å². The van der Waals surface area contributed by atoms with Gasteiger partial charge in [-0.2, -0.15) is 0 Å². The lowest BCUT2D eigenvalue weighted by Crippen LogP contribution is -2.40. The topological polar surface area (TPSA) is 9.23 Å².